The molecule has 34 heavy (non-hydrogen) atoms. The molecule has 0 bridgehead atoms. The molecule has 0 unspecified atom stereocenters. The summed E-state index contributed by atoms with van der Waals surface area (Å²) in [7, 11) is 0. The first-order chi connectivity index (χ1) is 15.8. The Morgan fingerprint density at radius 3 is 2.15 bits per heavy atom. The van der Waals surface area contributed by atoms with Gasteiger partial charge in [0.2, 0.25) is 0 Å². The van der Waals surface area contributed by atoms with Crippen LogP contribution in [-0.2, 0) is 5.54 Å². The fourth-order valence-electron chi connectivity index (χ4n) is 3.64. The summed E-state index contributed by atoms with van der Waals surface area (Å²) in [5.41, 5.74) is -9.49. The highest BCUT2D eigenvalue weighted by Gasteiger charge is 2.75. The third-order valence-electron chi connectivity index (χ3n) is 5.20. The number of nitrogens with zero attached hydrogens (tertiary/aromatic N) is 2. The predicted molar refractivity (Wildman–Crippen MR) is 113 cm³/mol. The molecule has 6 nitrogen and oxygen atoms in total. The molecule has 0 atom stereocenters. The molecule has 0 radical (unpaired) electrons. The van der Waals surface area contributed by atoms with Crippen molar-refractivity contribution in [1.29, 1.82) is 0 Å². The molecule has 2 aromatic carbocycles. The van der Waals surface area contributed by atoms with Crippen LogP contribution in [-0.4, -0.2) is 27.7 Å². The van der Waals surface area contributed by atoms with Gasteiger partial charge in [-0.1, -0.05) is 41.4 Å². The number of hydrogen-bond acceptors (Lipinski definition) is 4. The Morgan fingerprint density at radius 1 is 0.971 bits per heavy atom. The highest BCUT2D eigenvalue weighted by Crippen LogP contribution is 2.55. The molecule has 1 aliphatic rings. The number of aromatic nitrogens is 2. The van der Waals surface area contributed by atoms with Crippen molar-refractivity contribution in [3.05, 3.63) is 91.1 Å². The Labute approximate surface area is 191 Å². The summed E-state index contributed by atoms with van der Waals surface area (Å²) in [6.45, 7) is 1.69. The van der Waals surface area contributed by atoms with Crippen LogP contribution in [0.4, 0.5) is 32.2 Å². The van der Waals surface area contributed by atoms with Gasteiger partial charge in [0.15, 0.2) is 0 Å². The van der Waals surface area contributed by atoms with Crippen LogP contribution in [0.15, 0.2) is 63.1 Å². The molecule has 0 amide bonds. The molecule has 2 N–H and O–H groups in total. The van der Waals surface area contributed by atoms with Gasteiger partial charge < -0.3 is 5.32 Å². The van der Waals surface area contributed by atoms with Gasteiger partial charge in [-0.05, 0) is 31.2 Å². The van der Waals surface area contributed by atoms with Gasteiger partial charge in [-0.15, -0.1) is 0 Å². The van der Waals surface area contributed by atoms with E-state index in [-0.39, 0.29) is 16.3 Å². The van der Waals surface area contributed by atoms with Gasteiger partial charge in [0, 0.05) is 10.6 Å². The molecule has 0 fully saturated rings. The van der Waals surface area contributed by atoms with Gasteiger partial charge >= 0.3 is 18.0 Å². The smallest absolute Gasteiger partial charge is 0.325 e. The summed E-state index contributed by atoms with van der Waals surface area (Å²) in [5.74, 6) is -1.90. The van der Waals surface area contributed by atoms with E-state index in [1.165, 1.54) is 42.5 Å². The minimum absolute atomic E-state index is 0.0132. The highest BCUT2D eigenvalue weighted by molar-refractivity contribution is 6.31. The quantitative estimate of drug-likeness (QED) is 0.500. The van der Waals surface area contributed by atoms with E-state index in [0.29, 0.717) is 10.1 Å². The molecule has 0 saturated carbocycles. The lowest BCUT2D eigenvalue weighted by Crippen LogP contribution is -2.59. The molecule has 0 spiro atoms. The Balaban J connectivity index is 2.18. The van der Waals surface area contributed by atoms with E-state index < -0.39 is 46.4 Å². The number of benzene rings is 2. The normalized spacial score (nSPS) is 15.4. The van der Waals surface area contributed by atoms with Crippen molar-refractivity contribution in [2.75, 3.05) is 5.32 Å². The molecule has 0 saturated heterocycles. The summed E-state index contributed by atoms with van der Waals surface area (Å²) in [6.07, 6.45) is -12.2. The van der Waals surface area contributed by atoms with Crippen LogP contribution >= 0.6 is 11.6 Å². The number of anilines is 1. The summed E-state index contributed by atoms with van der Waals surface area (Å²) in [6, 6.07) is 10.5. The van der Waals surface area contributed by atoms with E-state index in [4.69, 9.17) is 11.6 Å². The Bertz CT molecular complexity index is 1410. The lowest BCUT2D eigenvalue weighted by atomic mass is 9.87. The Morgan fingerprint density at radius 2 is 1.59 bits per heavy atom. The summed E-state index contributed by atoms with van der Waals surface area (Å²) in [5, 5.41) is 2.35. The molecule has 3 aromatic rings. The second-order valence-corrected chi connectivity index (χ2v) is 7.89. The number of aliphatic imine (C=N–C) groups is 1. The maximum atomic E-state index is 14.3. The van der Waals surface area contributed by atoms with Crippen LogP contribution < -0.4 is 16.6 Å². The van der Waals surface area contributed by atoms with Crippen LogP contribution in [0.1, 0.15) is 16.7 Å². The fraction of sp³-hybridized carbons (Fsp3) is 0.190. The molecule has 1 aliphatic heterocycles. The lowest BCUT2D eigenvalue weighted by Gasteiger charge is -2.38. The van der Waals surface area contributed by atoms with Crippen molar-refractivity contribution in [3.63, 3.8) is 0 Å². The Hall–Kier alpha value is -3.54. The molecule has 4 rings (SSSR count). The zero-order chi connectivity index (χ0) is 25.1. The van der Waals surface area contributed by atoms with Crippen molar-refractivity contribution in [2.45, 2.75) is 24.8 Å². The lowest BCUT2D eigenvalue weighted by molar-refractivity contribution is -0.301. The largest absolute Gasteiger partial charge is 0.427 e. The van der Waals surface area contributed by atoms with Crippen LogP contribution in [0.3, 0.4) is 0 Å². The molecule has 0 aliphatic carbocycles. The van der Waals surface area contributed by atoms with E-state index in [9.17, 15) is 35.9 Å². The number of hydrogen-bond donors (Lipinski definition) is 2. The highest BCUT2D eigenvalue weighted by atomic mass is 35.5. The van der Waals surface area contributed by atoms with E-state index in [1.54, 1.807) is 11.9 Å². The van der Waals surface area contributed by atoms with Gasteiger partial charge in [-0.25, -0.2) is 14.4 Å². The third-order valence-corrected chi connectivity index (χ3v) is 5.43. The first kappa shape index (κ1) is 23.6. The molecule has 1 aromatic heterocycles. The van der Waals surface area contributed by atoms with Gasteiger partial charge in [0.1, 0.15) is 17.2 Å². The maximum absolute atomic E-state index is 14.3. The second-order valence-electron chi connectivity index (χ2n) is 7.46. The number of fused-ring (bicyclic) bond motifs is 1. The first-order valence-electron chi connectivity index (χ1n) is 9.49. The summed E-state index contributed by atoms with van der Waals surface area (Å²) in [4.78, 5) is 29.8. The number of alkyl halides is 6. The minimum Gasteiger partial charge on any atom is -0.325 e. The number of nitrogens with one attached hydrogen (secondary N) is 2. The van der Waals surface area contributed by atoms with Gasteiger partial charge in [-0.2, -0.15) is 26.3 Å². The molecular formula is C21H13ClF6N4O2. The van der Waals surface area contributed by atoms with Crippen LogP contribution in [0.5, 0.6) is 0 Å². The van der Waals surface area contributed by atoms with Crippen molar-refractivity contribution in [1.82, 2.24) is 9.55 Å². The van der Waals surface area contributed by atoms with E-state index in [0.717, 1.165) is 6.07 Å². The van der Waals surface area contributed by atoms with Gasteiger partial charge in [0.05, 0.1) is 5.69 Å². The van der Waals surface area contributed by atoms with Crippen LogP contribution in [0.25, 0.3) is 5.69 Å². The average molecular weight is 503 g/mol. The zero-order valence-corrected chi connectivity index (χ0v) is 17.7. The van der Waals surface area contributed by atoms with Crippen LogP contribution in [0, 0.1) is 6.92 Å². The third kappa shape index (κ3) is 3.58. The number of halogens is 7. The first-order valence-corrected chi connectivity index (χ1v) is 9.87. The summed E-state index contributed by atoms with van der Waals surface area (Å²) >= 11 is 5.87. The standard InChI is InChI=1S/C21H13ClF6N4O2/c1-10-5-7-13(8-6-10)32-16-14(17(33)30-18(32)34)19(20(23,24)25,21(26,27)28)31-15(29-16)11-3-2-4-12(22)9-11/h2-9H,1H3,(H,29,31)(H,30,33,34). The van der Waals surface area contributed by atoms with Crippen molar-refractivity contribution in [3.8, 4) is 5.69 Å². The second kappa shape index (κ2) is 7.76. The van der Waals surface area contributed by atoms with E-state index in [1.807, 2.05) is 0 Å². The molecular weight excluding hydrogens is 490 g/mol. The van der Waals surface area contributed by atoms with E-state index >= 15 is 0 Å². The fourth-order valence-corrected chi connectivity index (χ4v) is 3.83. The SMILES string of the molecule is Cc1ccc(-n2c3c(c(=O)[nH]c2=O)C(C(F)(F)F)(C(F)(F)F)N=C(c2cccc(Cl)c2)N3)cc1. The molecule has 178 valence electrons. The van der Waals surface area contributed by atoms with Gasteiger partial charge in [-0.3, -0.25) is 9.78 Å². The Kier molecular flexibility index (Phi) is 5.39. The summed E-state index contributed by atoms with van der Waals surface area (Å²) < 4.78 is 86.2. The average Bonchev–Trinajstić information content (AvgIpc) is 2.72. The number of rotatable bonds is 2. The monoisotopic (exact) mass is 502 g/mol. The van der Waals surface area contributed by atoms with Gasteiger partial charge in [0.25, 0.3) is 11.1 Å². The minimum atomic E-state index is -6.10. The number of amidine groups is 1. The van der Waals surface area contributed by atoms with Crippen molar-refractivity contribution < 1.29 is 26.3 Å². The van der Waals surface area contributed by atoms with E-state index in [2.05, 4.69) is 10.3 Å². The molecule has 13 heteroatoms. The number of aryl methyl sites for hydroxylation is 1. The van der Waals surface area contributed by atoms with Crippen LogP contribution in [0.2, 0.25) is 5.02 Å². The maximum Gasteiger partial charge on any atom is 0.427 e. The molecule has 2 heterocycles. The number of aromatic amines is 1. The zero-order valence-electron chi connectivity index (χ0n) is 17.0. The van der Waals surface area contributed by atoms with Crippen molar-refractivity contribution >= 4 is 23.3 Å². The topological polar surface area (TPSA) is 79.2 Å². The predicted octanol–water partition coefficient (Wildman–Crippen LogP) is 4.68. The number of H-pyrrole nitrogens is 1. The van der Waals surface area contributed by atoms with Crippen molar-refractivity contribution in [2.24, 2.45) is 4.99 Å².